The van der Waals surface area contributed by atoms with Crippen LogP contribution in [-0.2, 0) is 19.4 Å². The zero-order valence-corrected chi connectivity index (χ0v) is 19.9. The highest BCUT2D eigenvalue weighted by molar-refractivity contribution is 7.90. The summed E-state index contributed by atoms with van der Waals surface area (Å²) in [6.07, 6.45) is 6.65. The summed E-state index contributed by atoms with van der Waals surface area (Å²) in [4.78, 5) is 30.8. The van der Waals surface area contributed by atoms with Crippen molar-refractivity contribution in [3.05, 3.63) is 24.3 Å². The molecule has 33 heavy (non-hydrogen) atoms. The van der Waals surface area contributed by atoms with Crippen LogP contribution >= 0.6 is 0 Å². The van der Waals surface area contributed by atoms with Gasteiger partial charge < -0.3 is 15.1 Å². The molecular weight excluding hydrogens is 440 g/mol. The number of nitrogens with zero attached hydrogens (tertiary/aromatic N) is 3. The largest absolute Gasteiger partial charge is 0.370 e. The lowest BCUT2D eigenvalue weighted by atomic mass is 9.77. The van der Waals surface area contributed by atoms with Crippen LogP contribution in [0.4, 0.5) is 5.69 Å². The van der Waals surface area contributed by atoms with Gasteiger partial charge in [0.25, 0.3) is 0 Å². The minimum atomic E-state index is -3.23. The Kier molecular flexibility index (Phi) is 6.66. The summed E-state index contributed by atoms with van der Waals surface area (Å²) >= 11 is 0. The highest BCUT2D eigenvalue weighted by Crippen LogP contribution is 2.37. The van der Waals surface area contributed by atoms with E-state index in [-0.39, 0.29) is 23.7 Å². The number of rotatable bonds is 5. The van der Waals surface area contributed by atoms with Crippen LogP contribution in [0, 0.1) is 23.2 Å². The van der Waals surface area contributed by atoms with Crippen molar-refractivity contribution in [1.82, 2.24) is 10.2 Å². The van der Waals surface area contributed by atoms with Crippen LogP contribution in [0.5, 0.6) is 0 Å². The van der Waals surface area contributed by atoms with Crippen molar-refractivity contribution in [3.63, 3.8) is 0 Å². The first-order valence-corrected chi connectivity index (χ1v) is 13.7. The van der Waals surface area contributed by atoms with Crippen molar-refractivity contribution >= 4 is 27.3 Å². The van der Waals surface area contributed by atoms with Crippen molar-refractivity contribution in [2.75, 3.05) is 37.3 Å². The average Bonchev–Trinajstić information content (AvgIpc) is 3.62. The van der Waals surface area contributed by atoms with Gasteiger partial charge >= 0.3 is 0 Å². The molecule has 0 spiro atoms. The maximum absolute atomic E-state index is 13.5. The van der Waals surface area contributed by atoms with Crippen molar-refractivity contribution in [1.29, 1.82) is 5.26 Å². The molecule has 0 radical (unpaired) electrons. The van der Waals surface area contributed by atoms with E-state index in [4.69, 9.17) is 0 Å². The molecule has 3 aliphatic rings. The molecule has 0 bridgehead atoms. The van der Waals surface area contributed by atoms with Crippen LogP contribution in [0.1, 0.15) is 44.9 Å². The van der Waals surface area contributed by atoms with E-state index in [0.29, 0.717) is 50.2 Å². The fourth-order valence-electron chi connectivity index (χ4n) is 4.99. The van der Waals surface area contributed by atoms with Crippen LogP contribution in [-0.4, -0.2) is 63.1 Å². The fourth-order valence-corrected chi connectivity index (χ4v) is 5.62. The highest BCUT2D eigenvalue weighted by atomic mass is 32.2. The summed E-state index contributed by atoms with van der Waals surface area (Å²) in [5.74, 6) is -0.783. The number of nitriles is 1. The summed E-state index contributed by atoms with van der Waals surface area (Å²) in [5, 5.41) is 12.2. The first-order chi connectivity index (χ1) is 15.7. The van der Waals surface area contributed by atoms with E-state index in [1.54, 1.807) is 12.1 Å². The van der Waals surface area contributed by atoms with Crippen LogP contribution in [0.3, 0.4) is 0 Å². The Labute approximate surface area is 195 Å². The summed E-state index contributed by atoms with van der Waals surface area (Å²) in [5.41, 5.74) is 0.232. The predicted octanol–water partition coefficient (Wildman–Crippen LogP) is 2.11. The van der Waals surface area contributed by atoms with Crippen molar-refractivity contribution in [2.45, 2.75) is 55.4 Å². The zero-order valence-electron chi connectivity index (χ0n) is 19.1. The van der Waals surface area contributed by atoms with E-state index in [1.807, 2.05) is 17.0 Å². The fraction of sp³-hybridized carbons (Fsp3) is 0.625. The van der Waals surface area contributed by atoms with Gasteiger partial charge in [-0.2, -0.15) is 5.26 Å². The van der Waals surface area contributed by atoms with Crippen molar-refractivity contribution < 1.29 is 18.0 Å². The minimum absolute atomic E-state index is 0.0472. The quantitative estimate of drug-likeness (QED) is 0.703. The number of amides is 2. The van der Waals surface area contributed by atoms with Crippen molar-refractivity contribution in [3.8, 4) is 6.07 Å². The molecule has 1 aliphatic heterocycles. The van der Waals surface area contributed by atoms with Gasteiger partial charge in [-0.3, -0.25) is 9.59 Å². The summed E-state index contributed by atoms with van der Waals surface area (Å²) < 4.78 is 23.4. The molecule has 2 saturated carbocycles. The topological polar surface area (TPSA) is 111 Å². The van der Waals surface area contributed by atoms with Gasteiger partial charge in [0, 0.05) is 50.0 Å². The van der Waals surface area contributed by atoms with E-state index in [0.717, 1.165) is 31.5 Å². The van der Waals surface area contributed by atoms with Gasteiger partial charge in [-0.05, 0) is 56.4 Å². The van der Waals surface area contributed by atoms with Gasteiger partial charge in [-0.25, -0.2) is 8.42 Å². The van der Waals surface area contributed by atoms with Gasteiger partial charge in [0.1, 0.15) is 5.54 Å². The number of hydrogen-bond donors (Lipinski definition) is 1. The molecule has 0 aromatic heterocycles. The Morgan fingerprint density at radius 3 is 2.27 bits per heavy atom. The lowest BCUT2D eigenvalue weighted by molar-refractivity contribution is -0.143. The van der Waals surface area contributed by atoms with Crippen molar-refractivity contribution in [2.24, 2.45) is 11.8 Å². The molecule has 9 heteroatoms. The van der Waals surface area contributed by atoms with Crippen LogP contribution in [0.25, 0.3) is 0 Å². The van der Waals surface area contributed by atoms with E-state index < -0.39 is 15.4 Å². The predicted molar refractivity (Wildman–Crippen MR) is 124 cm³/mol. The van der Waals surface area contributed by atoms with Crippen LogP contribution in [0.2, 0.25) is 0 Å². The Morgan fingerprint density at radius 1 is 1.00 bits per heavy atom. The number of carbonyl (C=O) groups excluding carboxylic acids is 2. The number of sulfone groups is 1. The molecule has 1 aromatic rings. The third-order valence-electron chi connectivity index (χ3n) is 7.18. The van der Waals surface area contributed by atoms with E-state index in [1.165, 1.54) is 6.26 Å². The molecule has 1 saturated heterocycles. The average molecular weight is 473 g/mol. The molecule has 1 unspecified atom stereocenters. The maximum atomic E-state index is 13.5. The third-order valence-corrected chi connectivity index (χ3v) is 8.31. The van der Waals surface area contributed by atoms with Gasteiger partial charge in [0.2, 0.25) is 11.8 Å². The highest BCUT2D eigenvalue weighted by Gasteiger charge is 2.47. The number of hydrogen-bond acceptors (Lipinski definition) is 6. The molecule has 2 atom stereocenters. The summed E-state index contributed by atoms with van der Waals surface area (Å²) in [6, 6.07) is 9.08. The molecular formula is C24H32N4O4S. The lowest BCUT2D eigenvalue weighted by Gasteiger charge is -2.34. The Balaban J connectivity index is 1.40. The van der Waals surface area contributed by atoms with E-state index in [9.17, 15) is 23.3 Å². The summed E-state index contributed by atoms with van der Waals surface area (Å²) in [7, 11) is -3.23. The SMILES string of the molecule is CS(=O)(=O)c1ccc(N2CCCN(C(=O)C3CCCC[C@H]3C(=O)NC3(C#N)CC3)CC2)cc1. The van der Waals surface area contributed by atoms with E-state index >= 15 is 0 Å². The van der Waals surface area contributed by atoms with Crippen LogP contribution in [0.15, 0.2) is 29.2 Å². The second-order valence-corrected chi connectivity index (χ2v) is 11.6. The Hall–Kier alpha value is -2.60. The monoisotopic (exact) mass is 472 g/mol. The minimum Gasteiger partial charge on any atom is -0.370 e. The maximum Gasteiger partial charge on any atom is 0.226 e. The second-order valence-electron chi connectivity index (χ2n) is 9.61. The summed E-state index contributed by atoms with van der Waals surface area (Å²) in [6.45, 7) is 2.65. The molecule has 2 aliphatic carbocycles. The molecule has 2 amide bonds. The molecule has 8 nitrogen and oxygen atoms in total. The molecule has 1 N–H and O–H groups in total. The molecule has 178 valence electrons. The lowest BCUT2D eigenvalue weighted by Crippen LogP contribution is -2.48. The molecule has 1 aromatic carbocycles. The first-order valence-electron chi connectivity index (χ1n) is 11.8. The van der Waals surface area contributed by atoms with Gasteiger partial charge in [0.15, 0.2) is 9.84 Å². The number of nitrogens with one attached hydrogen (secondary N) is 1. The normalized spacial score (nSPS) is 25.0. The first kappa shape index (κ1) is 23.6. The zero-order chi connectivity index (χ0) is 23.6. The van der Waals surface area contributed by atoms with Gasteiger partial charge in [-0.15, -0.1) is 0 Å². The standard InChI is InChI=1S/C24H32N4O4S/c1-33(31,32)19-9-7-18(8-10-19)27-13-4-14-28(16-15-27)23(30)21-6-3-2-5-20(21)22(29)26-24(17-25)11-12-24/h7-10,20-21H,2-6,11-16H2,1H3,(H,26,29)/t20-,21?/m1/s1. The second kappa shape index (κ2) is 9.34. The number of anilines is 1. The van der Waals surface area contributed by atoms with Gasteiger partial charge in [0.05, 0.1) is 11.0 Å². The molecule has 3 fully saturated rings. The molecule has 1 heterocycles. The molecule has 4 rings (SSSR count). The Morgan fingerprint density at radius 2 is 1.67 bits per heavy atom. The number of benzene rings is 1. The smallest absolute Gasteiger partial charge is 0.226 e. The van der Waals surface area contributed by atoms with Gasteiger partial charge in [-0.1, -0.05) is 12.8 Å². The number of carbonyl (C=O) groups is 2. The third kappa shape index (κ3) is 5.32. The Bertz CT molecular complexity index is 1040. The van der Waals surface area contributed by atoms with E-state index in [2.05, 4.69) is 16.3 Å². The van der Waals surface area contributed by atoms with Crippen LogP contribution < -0.4 is 10.2 Å².